The molecule has 4 heteroatoms. The topological polar surface area (TPSA) is 21.3 Å². The summed E-state index contributed by atoms with van der Waals surface area (Å²) in [5.74, 6) is 0.883. The predicted molar refractivity (Wildman–Crippen MR) is 77.5 cm³/mol. The quantitative estimate of drug-likeness (QED) is 0.845. The fourth-order valence-electron chi connectivity index (χ4n) is 1.68. The maximum atomic E-state index is 5.57. The van der Waals surface area contributed by atoms with Crippen molar-refractivity contribution in [1.29, 1.82) is 0 Å². The molecule has 2 nitrogen and oxygen atoms in total. The number of rotatable bonds is 5. The van der Waals surface area contributed by atoms with Gasteiger partial charge in [-0.25, -0.2) is 0 Å². The largest absolute Gasteiger partial charge is 0.492 e. The number of hydrogen-bond acceptors (Lipinski definition) is 2. The van der Waals surface area contributed by atoms with Gasteiger partial charge in [0.1, 0.15) is 5.75 Å². The molecule has 0 aromatic heterocycles. The number of ether oxygens (including phenoxy) is 1. The molecule has 1 aromatic rings. The van der Waals surface area contributed by atoms with Crippen LogP contribution in [-0.4, -0.2) is 12.1 Å². The molecule has 0 spiro atoms. The zero-order valence-electron chi connectivity index (χ0n) is 10.1. The van der Waals surface area contributed by atoms with Crippen LogP contribution in [0.5, 0.6) is 5.75 Å². The molecule has 1 saturated carbocycles. The van der Waals surface area contributed by atoms with Gasteiger partial charge in [-0.05, 0) is 76.2 Å². The van der Waals surface area contributed by atoms with Crippen molar-refractivity contribution in [3.8, 4) is 5.75 Å². The first-order valence-electron chi connectivity index (χ1n) is 5.90. The lowest BCUT2D eigenvalue weighted by molar-refractivity contribution is 0.336. The summed E-state index contributed by atoms with van der Waals surface area (Å²) in [7, 11) is 0. The van der Waals surface area contributed by atoms with Gasteiger partial charge in [-0.2, -0.15) is 0 Å². The van der Waals surface area contributed by atoms with E-state index in [9.17, 15) is 0 Å². The molecule has 0 atom stereocenters. The van der Waals surface area contributed by atoms with Gasteiger partial charge in [-0.3, -0.25) is 0 Å². The van der Waals surface area contributed by atoms with Crippen LogP contribution in [0, 0.1) is 0 Å². The summed E-state index contributed by atoms with van der Waals surface area (Å²) >= 11 is 7.10. The van der Waals surface area contributed by atoms with E-state index < -0.39 is 0 Å². The van der Waals surface area contributed by atoms with Gasteiger partial charge in [-0.15, -0.1) is 0 Å². The van der Waals surface area contributed by atoms with E-state index in [1.165, 1.54) is 18.4 Å². The average Bonchev–Trinajstić information content (AvgIpc) is 3.00. The van der Waals surface area contributed by atoms with Gasteiger partial charge in [0, 0.05) is 12.1 Å². The third-order valence-corrected chi connectivity index (χ3v) is 4.24. The monoisotopic (exact) mass is 361 g/mol. The van der Waals surface area contributed by atoms with Crippen LogP contribution < -0.4 is 10.1 Å². The SMILES string of the molecule is CCOc1c(Br)cc(CNC2(C)CC2)cc1Br. The number of nitrogens with one attached hydrogen (secondary N) is 1. The van der Waals surface area contributed by atoms with Crippen LogP contribution in [0.1, 0.15) is 32.3 Å². The molecule has 17 heavy (non-hydrogen) atoms. The number of benzene rings is 1. The third-order valence-electron chi connectivity index (χ3n) is 3.07. The maximum absolute atomic E-state index is 5.57. The summed E-state index contributed by atoms with van der Waals surface area (Å²) in [5, 5.41) is 3.57. The Morgan fingerprint density at radius 2 is 1.88 bits per heavy atom. The van der Waals surface area contributed by atoms with Gasteiger partial charge < -0.3 is 10.1 Å². The molecule has 0 bridgehead atoms. The Labute approximate surface area is 119 Å². The summed E-state index contributed by atoms with van der Waals surface area (Å²) in [4.78, 5) is 0. The molecule has 1 aliphatic carbocycles. The lowest BCUT2D eigenvalue weighted by atomic mass is 10.2. The highest BCUT2D eigenvalue weighted by Gasteiger charge is 2.36. The molecule has 0 heterocycles. The van der Waals surface area contributed by atoms with Gasteiger partial charge in [0.2, 0.25) is 0 Å². The molecule has 1 N–H and O–H groups in total. The molecule has 0 unspecified atom stereocenters. The summed E-state index contributed by atoms with van der Waals surface area (Å²) in [6, 6.07) is 4.24. The highest BCUT2D eigenvalue weighted by atomic mass is 79.9. The van der Waals surface area contributed by atoms with Gasteiger partial charge >= 0.3 is 0 Å². The van der Waals surface area contributed by atoms with Crippen molar-refractivity contribution < 1.29 is 4.74 Å². The Morgan fingerprint density at radius 3 is 2.35 bits per heavy atom. The Morgan fingerprint density at radius 1 is 1.29 bits per heavy atom. The van der Waals surface area contributed by atoms with Crippen LogP contribution in [0.3, 0.4) is 0 Å². The van der Waals surface area contributed by atoms with E-state index in [2.05, 4.69) is 56.2 Å². The van der Waals surface area contributed by atoms with Gasteiger partial charge in [0.15, 0.2) is 0 Å². The van der Waals surface area contributed by atoms with Crippen molar-refractivity contribution >= 4 is 31.9 Å². The van der Waals surface area contributed by atoms with E-state index in [0.717, 1.165) is 21.2 Å². The molecule has 0 aliphatic heterocycles. The molecule has 94 valence electrons. The summed E-state index contributed by atoms with van der Waals surface area (Å²) < 4.78 is 7.58. The smallest absolute Gasteiger partial charge is 0.147 e. The van der Waals surface area contributed by atoms with Gasteiger partial charge in [-0.1, -0.05) is 0 Å². The summed E-state index contributed by atoms with van der Waals surface area (Å²) in [6.45, 7) is 5.83. The fourth-order valence-corrected chi connectivity index (χ4v) is 3.19. The Balaban J connectivity index is 2.08. The molecule has 2 rings (SSSR count). The Kier molecular flexibility index (Phi) is 4.16. The highest BCUT2D eigenvalue weighted by molar-refractivity contribution is 9.11. The Hall–Kier alpha value is -0.0600. The van der Waals surface area contributed by atoms with Crippen LogP contribution in [0.2, 0.25) is 0 Å². The molecule has 0 amide bonds. The first-order valence-corrected chi connectivity index (χ1v) is 7.48. The van der Waals surface area contributed by atoms with Crippen molar-refractivity contribution in [2.24, 2.45) is 0 Å². The first-order chi connectivity index (χ1) is 8.04. The lowest BCUT2D eigenvalue weighted by Crippen LogP contribution is -2.26. The minimum atomic E-state index is 0.373. The van der Waals surface area contributed by atoms with Crippen LogP contribution in [0.15, 0.2) is 21.1 Å². The average molecular weight is 363 g/mol. The molecule has 0 saturated heterocycles. The number of hydrogen-bond donors (Lipinski definition) is 1. The highest BCUT2D eigenvalue weighted by Crippen LogP contribution is 2.37. The second kappa shape index (κ2) is 5.29. The van der Waals surface area contributed by atoms with Crippen molar-refractivity contribution in [3.05, 3.63) is 26.6 Å². The second-order valence-corrected chi connectivity index (χ2v) is 6.44. The van der Waals surface area contributed by atoms with Crippen LogP contribution >= 0.6 is 31.9 Å². The van der Waals surface area contributed by atoms with E-state index in [1.807, 2.05) is 6.92 Å². The molecule has 1 aromatic carbocycles. The molecule has 1 fully saturated rings. The van der Waals surface area contributed by atoms with Gasteiger partial charge in [0.05, 0.1) is 15.6 Å². The number of halogens is 2. The normalized spacial score (nSPS) is 16.9. The molecule has 0 radical (unpaired) electrons. The molecule has 1 aliphatic rings. The fraction of sp³-hybridized carbons (Fsp3) is 0.538. The first kappa shape index (κ1) is 13.4. The molecular formula is C13H17Br2NO. The standard InChI is InChI=1S/C13H17Br2NO/c1-3-17-12-10(14)6-9(7-11(12)15)8-16-13(2)4-5-13/h6-7,16H,3-5,8H2,1-2H3. The minimum absolute atomic E-state index is 0.373. The summed E-state index contributed by atoms with van der Waals surface area (Å²) in [5.41, 5.74) is 1.64. The second-order valence-electron chi connectivity index (χ2n) is 4.74. The predicted octanol–water partition coefficient (Wildman–Crippen LogP) is 4.25. The summed E-state index contributed by atoms with van der Waals surface area (Å²) in [6.07, 6.45) is 2.57. The lowest BCUT2D eigenvalue weighted by Gasteiger charge is -2.14. The van der Waals surface area contributed by atoms with Crippen LogP contribution in [-0.2, 0) is 6.54 Å². The molecular weight excluding hydrogens is 346 g/mol. The van der Waals surface area contributed by atoms with Crippen molar-refractivity contribution in [2.75, 3.05) is 6.61 Å². The van der Waals surface area contributed by atoms with Crippen molar-refractivity contribution in [2.45, 2.75) is 38.8 Å². The van der Waals surface area contributed by atoms with E-state index >= 15 is 0 Å². The zero-order valence-corrected chi connectivity index (χ0v) is 13.3. The van der Waals surface area contributed by atoms with E-state index in [0.29, 0.717) is 12.1 Å². The van der Waals surface area contributed by atoms with E-state index in [4.69, 9.17) is 4.74 Å². The van der Waals surface area contributed by atoms with E-state index in [-0.39, 0.29) is 0 Å². The van der Waals surface area contributed by atoms with Gasteiger partial charge in [0.25, 0.3) is 0 Å². The zero-order chi connectivity index (χ0) is 12.5. The van der Waals surface area contributed by atoms with Crippen molar-refractivity contribution in [1.82, 2.24) is 5.32 Å². The third kappa shape index (κ3) is 3.46. The van der Waals surface area contributed by atoms with Crippen LogP contribution in [0.4, 0.5) is 0 Å². The minimum Gasteiger partial charge on any atom is -0.492 e. The van der Waals surface area contributed by atoms with Crippen molar-refractivity contribution in [3.63, 3.8) is 0 Å². The van der Waals surface area contributed by atoms with E-state index in [1.54, 1.807) is 0 Å². The van der Waals surface area contributed by atoms with Crippen LogP contribution in [0.25, 0.3) is 0 Å². The maximum Gasteiger partial charge on any atom is 0.147 e. The Bertz CT molecular complexity index is 393.